The molecule has 0 saturated heterocycles. The van der Waals surface area contributed by atoms with E-state index in [-0.39, 0.29) is 23.3 Å². The van der Waals surface area contributed by atoms with Gasteiger partial charge in [-0.3, -0.25) is 4.79 Å². The van der Waals surface area contributed by atoms with Crippen LogP contribution >= 0.6 is 0 Å². The topological polar surface area (TPSA) is 55.1 Å². The quantitative estimate of drug-likeness (QED) is 0.721. The summed E-state index contributed by atoms with van der Waals surface area (Å²) in [4.78, 5) is 11.8. The summed E-state index contributed by atoms with van der Waals surface area (Å²) < 4.78 is 0. The molecule has 0 bridgehead atoms. The lowest BCUT2D eigenvalue weighted by atomic mass is 9.92. The van der Waals surface area contributed by atoms with E-state index in [1.807, 2.05) is 13.8 Å². The van der Waals surface area contributed by atoms with Crippen molar-refractivity contribution in [2.24, 2.45) is 17.1 Å². The van der Waals surface area contributed by atoms with Crippen LogP contribution in [0, 0.1) is 11.3 Å². The Kier molecular flexibility index (Phi) is 7.44. The van der Waals surface area contributed by atoms with Crippen LogP contribution in [0.15, 0.2) is 0 Å². The van der Waals surface area contributed by atoms with E-state index in [1.165, 1.54) is 0 Å². The second kappa shape index (κ2) is 7.70. The Morgan fingerprint density at radius 1 is 1.24 bits per heavy atom. The SMILES string of the molecule is CC(N)CCCC(C)C(=O)NCCC(C)(C)C. The van der Waals surface area contributed by atoms with Crippen molar-refractivity contribution in [1.82, 2.24) is 5.32 Å². The number of carbonyl (C=O) groups excluding carboxylic acids is 1. The highest BCUT2D eigenvalue weighted by Gasteiger charge is 2.14. The van der Waals surface area contributed by atoms with Crippen LogP contribution < -0.4 is 11.1 Å². The normalized spacial score (nSPS) is 15.4. The summed E-state index contributed by atoms with van der Waals surface area (Å²) in [6, 6.07) is 0.242. The lowest BCUT2D eigenvalue weighted by molar-refractivity contribution is -0.124. The fraction of sp³-hybridized carbons (Fsp3) is 0.929. The van der Waals surface area contributed by atoms with E-state index in [9.17, 15) is 4.79 Å². The van der Waals surface area contributed by atoms with E-state index in [4.69, 9.17) is 5.73 Å². The molecule has 3 N–H and O–H groups in total. The first-order valence-electron chi connectivity index (χ1n) is 6.75. The molecule has 3 nitrogen and oxygen atoms in total. The summed E-state index contributed by atoms with van der Waals surface area (Å²) in [6.07, 6.45) is 3.99. The summed E-state index contributed by atoms with van der Waals surface area (Å²) in [6.45, 7) is 11.3. The maximum absolute atomic E-state index is 11.8. The molecule has 0 aromatic heterocycles. The van der Waals surface area contributed by atoms with Crippen molar-refractivity contribution >= 4 is 5.91 Å². The van der Waals surface area contributed by atoms with Gasteiger partial charge in [-0.25, -0.2) is 0 Å². The van der Waals surface area contributed by atoms with Crippen molar-refractivity contribution in [2.45, 2.75) is 66.3 Å². The molecular weight excluding hydrogens is 212 g/mol. The number of hydrogen-bond acceptors (Lipinski definition) is 2. The number of amides is 1. The summed E-state index contributed by atoms with van der Waals surface area (Å²) in [5.74, 6) is 0.285. The third-order valence-electron chi connectivity index (χ3n) is 2.92. The van der Waals surface area contributed by atoms with Crippen molar-refractivity contribution in [3.05, 3.63) is 0 Å². The molecule has 17 heavy (non-hydrogen) atoms. The zero-order valence-corrected chi connectivity index (χ0v) is 12.2. The van der Waals surface area contributed by atoms with Crippen LogP contribution in [0.5, 0.6) is 0 Å². The van der Waals surface area contributed by atoms with Crippen LogP contribution in [0.25, 0.3) is 0 Å². The molecule has 0 aliphatic rings. The molecule has 102 valence electrons. The van der Waals surface area contributed by atoms with E-state index >= 15 is 0 Å². The molecule has 2 unspecified atom stereocenters. The fourth-order valence-corrected chi connectivity index (χ4v) is 1.61. The van der Waals surface area contributed by atoms with E-state index in [0.717, 1.165) is 32.2 Å². The molecule has 0 rings (SSSR count). The van der Waals surface area contributed by atoms with Crippen LogP contribution in [-0.2, 0) is 4.79 Å². The van der Waals surface area contributed by atoms with Crippen molar-refractivity contribution in [2.75, 3.05) is 6.54 Å². The maximum Gasteiger partial charge on any atom is 0.222 e. The van der Waals surface area contributed by atoms with Gasteiger partial charge in [0.15, 0.2) is 0 Å². The Morgan fingerprint density at radius 3 is 2.29 bits per heavy atom. The van der Waals surface area contributed by atoms with Crippen LogP contribution in [0.3, 0.4) is 0 Å². The van der Waals surface area contributed by atoms with E-state index in [0.29, 0.717) is 0 Å². The van der Waals surface area contributed by atoms with Gasteiger partial charge < -0.3 is 11.1 Å². The van der Waals surface area contributed by atoms with Gasteiger partial charge in [-0.2, -0.15) is 0 Å². The molecular formula is C14H30N2O. The first kappa shape index (κ1) is 16.4. The molecule has 0 radical (unpaired) electrons. The highest BCUT2D eigenvalue weighted by molar-refractivity contribution is 5.78. The summed E-state index contributed by atoms with van der Waals surface area (Å²) in [7, 11) is 0. The summed E-state index contributed by atoms with van der Waals surface area (Å²) in [5.41, 5.74) is 5.97. The molecule has 0 spiro atoms. The minimum atomic E-state index is 0.105. The fourth-order valence-electron chi connectivity index (χ4n) is 1.61. The highest BCUT2D eigenvalue weighted by atomic mass is 16.1. The third-order valence-corrected chi connectivity index (χ3v) is 2.92. The van der Waals surface area contributed by atoms with Crippen LogP contribution in [-0.4, -0.2) is 18.5 Å². The molecule has 3 heteroatoms. The van der Waals surface area contributed by atoms with E-state index < -0.39 is 0 Å². The number of rotatable bonds is 7. The van der Waals surface area contributed by atoms with Gasteiger partial charge in [0.05, 0.1) is 0 Å². The van der Waals surface area contributed by atoms with Crippen LogP contribution in [0.1, 0.15) is 60.3 Å². The lowest BCUT2D eigenvalue weighted by Crippen LogP contribution is -2.31. The van der Waals surface area contributed by atoms with Gasteiger partial charge in [0.2, 0.25) is 5.91 Å². The molecule has 0 aromatic carbocycles. The molecule has 0 heterocycles. The van der Waals surface area contributed by atoms with Gasteiger partial charge in [0, 0.05) is 18.5 Å². The zero-order valence-electron chi connectivity index (χ0n) is 12.2. The molecule has 2 atom stereocenters. The largest absolute Gasteiger partial charge is 0.356 e. The van der Waals surface area contributed by atoms with Gasteiger partial charge in [0.25, 0.3) is 0 Å². The Hall–Kier alpha value is -0.570. The average Bonchev–Trinajstić information content (AvgIpc) is 2.14. The Bertz CT molecular complexity index is 219. The Balaban J connectivity index is 3.68. The first-order chi connectivity index (χ1) is 7.72. The lowest BCUT2D eigenvalue weighted by Gasteiger charge is -2.19. The second-order valence-electron chi connectivity index (χ2n) is 6.41. The van der Waals surface area contributed by atoms with Gasteiger partial charge in [-0.05, 0) is 31.6 Å². The Labute approximate surface area is 107 Å². The molecule has 0 aromatic rings. The number of hydrogen-bond donors (Lipinski definition) is 2. The molecule has 1 amide bonds. The van der Waals surface area contributed by atoms with Crippen molar-refractivity contribution in [1.29, 1.82) is 0 Å². The number of carbonyl (C=O) groups is 1. The standard InChI is InChI=1S/C14H30N2O/c1-11(7-6-8-12(2)15)13(17)16-10-9-14(3,4)5/h11-12H,6-10,15H2,1-5H3,(H,16,17). The van der Waals surface area contributed by atoms with Gasteiger partial charge in [-0.15, -0.1) is 0 Å². The zero-order chi connectivity index (χ0) is 13.5. The molecule has 0 aliphatic heterocycles. The van der Waals surface area contributed by atoms with Crippen LogP contribution in [0.4, 0.5) is 0 Å². The number of nitrogens with one attached hydrogen (secondary N) is 1. The molecule has 0 saturated carbocycles. The maximum atomic E-state index is 11.8. The predicted molar refractivity (Wildman–Crippen MR) is 73.7 cm³/mol. The van der Waals surface area contributed by atoms with Crippen molar-refractivity contribution in [3.8, 4) is 0 Å². The van der Waals surface area contributed by atoms with Crippen molar-refractivity contribution in [3.63, 3.8) is 0 Å². The molecule has 0 fully saturated rings. The predicted octanol–water partition coefficient (Wildman–Crippen LogP) is 2.69. The van der Waals surface area contributed by atoms with Crippen LogP contribution in [0.2, 0.25) is 0 Å². The molecule has 0 aliphatic carbocycles. The minimum absolute atomic E-state index is 0.105. The van der Waals surface area contributed by atoms with Gasteiger partial charge >= 0.3 is 0 Å². The highest BCUT2D eigenvalue weighted by Crippen LogP contribution is 2.17. The summed E-state index contributed by atoms with van der Waals surface area (Å²) >= 11 is 0. The average molecular weight is 242 g/mol. The van der Waals surface area contributed by atoms with E-state index in [2.05, 4.69) is 26.1 Å². The third kappa shape index (κ3) is 10.3. The minimum Gasteiger partial charge on any atom is -0.356 e. The van der Waals surface area contributed by atoms with Crippen molar-refractivity contribution < 1.29 is 4.79 Å². The Morgan fingerprint density at radius 2 is 1.82 bits per heavy atom. The van der Waals surface area contributed by atoms with E-state index in [1.54, 1.807) is 0 Å². The van der Waals surface area contributed by atoms with Gasteiger partial charge in [0.1, 0.15) is 0 Å². The summed E-state index contributed by atoms with van der Waals surface area (Å²) in [5, 5.41) is 3.01. The smallest absolute Gasteiger partial charge is 0.222 e. The van der Waals surface area contributed by atoms with Gasteiger partial charge in [-0.1, -0.05) is 34.1 Å². The second-order valence-corrected chi connectivity index (χ2v) is 6.41. The number of nitrogens with two attached hydrogens (primary N) is 1. The first-order valence-corrected chi connectivity index (χ1v) is 6.75. The monoisotopic (exact) mass is 242 g/mol.